The minimum Gasteiger partial charge on any atom is -0.478 e. The van der Waals surface area contributed by atoms with Gasteiger partial charge in [-0.1, -0.05) is 11.6 Å². The highest BCUT2D eigenvalue weighted by Gasteiger charge is 2.40. The van der Waals surface area contributed by atoms with Crippen LogP contribution in [0.2, 0.25) is 5.02 Å². The van der Waals surface area contributed by atoms with Gasteiger partial charge in [0, 0.05) is 19.4 Å². The van der Waals surface area contributed by atoms with Crippen LogP contribution in [0.15, 0.2) is 22.8 Å². The first-order valence-corrected chi connectivity index (χ1v) is 10.4. The lowest BCUT2D eigenvalue weighted by Crippen LogP contribution is -2.36. The predicted molar refractivity (Wildman–Crippen MR) is 111 cm³/mol. The second kappa shape index (κ2) is 8.73. The molecule has 2 fully saturated rings. The first-order valence-electron chi connectivity index (χ1n) is 10.0. The molecule has 9 nitrogen and oxygen atoms in total. The summed E-state index contributed by atoms with van der Waals surface area (Å²) in [7, 11) is 0. The molecule has 2 bridgehead atoms. The van der Waals surface area contributed by atoms with Crippen molar-refractivity contribution >= 4 is 29.1 Å². The van der Waals surface area contributed by atoms with Gasteiger partial charge in [-0.25, -0.2) is 4.98 Å². The highest BCUT2D eigenvalue weighted by Crippen LogP contribution is 2.37. The number of halogens is 1. The van der Waals surface area contributed by atoms with Crippen LogP contribution in [-0.4, -0.2) is 53.9 Å². The standard InChI is InChI=1S/C19H27ClN6O3/c1-12(24-13-3-5-19(6-4-13)28-9-10-29-19)15-16(21)27-8-2-7-22-17-14(20)11-23-18(25-15)26-17/h11,13H,2-10,21H2,1H3,(H2,22,23,25,26). The summed E-state index contributed by atoms with van der Waals surface area (Å²) in [6.45, 7) is 4.41. The number of hydrogen-bond donors (Lipinski definition) is 3. The van der Waals surface area contributed by atoms with E-state index in [4.69, 9.17) is 36.5 Å². The number of ether oxygens (including phenoxy) is 3. The Kier molecular flexibility index (Phi) is 6.07. The molecule has 0 aromatic carbocycles. The molecule has 4 N–H and O–H groups in total. The van der Waals surface area contributed by atoms with E-state index in [1.165, 1.54) is 0 Å². The summed E-state index contributed by atoms with van der Waals surface area (Å²) in [4.78, 5) is 13.6. The molecule has 1 saturated carbocycles. The monoisotopic (exact) mass is 422 g/mol. The summed E-state index contributed by atoms with van der Waals surface area (Å²) < 4.78 is 17.3. The van der Waals surface area contributed by atoms with E-state index in [1.54, 1.807) is 6.20 Å². The number of hydrogen-bond acceptors (Lipinski definition) is 9. The van der Waals surface area contributed by atoms with Crippen LogP contribution >= 0.6 is 11.6 Å². The summed E-state index contributed by atoms with van der Waals surface area (Å²) in [6, 6.07) is 0.178. The minimum atomic E-state index is -0.394. The maximum Gasteiger partial charge on any atom is 0.229 e. The van der Waals surface area contributed by atoms with Crippen molar-refractivity contribution in [3.05, 3.63) is 22.8 Å². The second-order valence-corrected chi connectivity index (χ2v) is 7.84. The Morgan fingerprint density at radius 2 is 2.03 bits per heavy atom. The molecule has 1 aliphatic carbocycles. The molecule has 0 radical (unpaired) electrons. The van der Waals surface area contributed by atoms with Crippen LogP contribution in [0.25, 0.3) is 0 Å². The van der Waals surface area contributed by atoms with Gasteiger partial charge in [-0.2, -0.15) is 4.98 Å². The fourth-order valence-corrected chi connectivity index (χ4v) is 3.98. The van der Waals surface area contributed by atoms with E-state index in [-0.39, 0.29) is 11.9 Å². The molecule has 0 atom stereocenters. The lowest BCUT2D eigenvalue weighted by molar-refractivity contribution is -0.178. The summed E-state index contributed by atoms with van der Waals surface area (Å²) in [5, 5.41) is 6.81. The molecule has 29 heavy (non-hydrogen) atoms. The number of allylic oxidation sites excluding steroid dienone is 1. The number of fused-ring (bicyclic) bond motifs is 2. The normalized spacial score (nSPS) is 23.2. The number of aliphatic imine (C=N–C) groups is 1. The van der Waals surface area contributed by atoms with Crippen LogP contribution in [-0.2, 0) is 14.2 Å². The Bertz CT molecular complexity index is 799. The van der Waals surface area contributed by atoms with Crippen LogP contribution in [0, 0.1) is 0 Å². The number of nitrogens with two attached hydrogens (primary N) is 1. The van der Waals surface area contributed by atoms with Crippen molar-refractivity contribution in [3.8, 4) is 0 Å². The third kappa shape index (κ3) is 4.73. The largest absolute Gasteiger partial charge is 0.478 e. The molecule has 1 saturated heterocycles. The molecule has 1 spiro atoms. The summed E-state index contributed by atoms with van der Waals surface area (Å²) in [6.07, 6.45) is 5.81. The van der Waals surface area contributed by atoms with Crippen molar-refractivity contribution < 1.29 is 14.2 Å². The molecule has 0 amide bonds. The van der Waals surface area contributed by atoms with Gasteiger partial charge >= 0.3 is 0 Å². The number of rotatable bonds is 2. The zero-order valence-corrected chi connectivity index (χ0v) is 17.3. The molecule has 2 aliphatic heterocycles. The quantitative estimate of drug-likeness (QED) is 0.623. The van der Waals surface area contributed by atoms with Crippen LogP contribution in [0.4, 0.5) is 11.8 Å². The Balaban J connectivity index is 1.53. The molecular weight excluding hydrogens is 396 g/mol. The molecule has 1 aromatic heterocycles. The van der Waals surface area contributed by atoms with Gasteiger partial charge in [-0.05, 0) is 26.2 Å². The van der Waals surface area contributed by atoms with Crippen LogP contribution < -0.4 is 16.4 Å². The van der Waals surface area contributed by atoms with E-state index >= 15 is 0 Å². The van der Waals surface area contributed by atoms with E-state index in [2.05, 4.69) is 20.6 Å². The molecule has 0 unspecified atom stereocenters. The first kappa shape index (κ1) is 20.2. The van der Waals surface area contributed by atoms with Gasteiger partial charge < -0.3 is 30.6 Å². The highest BCUT2D eigenvalue weighted by atomic mass is 35.5. The average molecular weight is 423 g/mol. The van der Waals surface area contributed by atoms with Gasteiger partial charge in [0.2, 0.25) is 11.8 Å². The zero-order valence-electron chi connectivity index (χ0n) is 16.5. The number of nitrogens with zero attached hydrogens (tertiary/aromatic N) is 3. The fourth-order valence-electron chi connectivity index (χ4n) is 3.82. The van der Waals surface area contributed by atoms with Gasteiger partial charge in [0.25, 0.3) is 0 Å². The van der Waals surface area contributed by atoms with E-state index in [0.717, 1.165) is 37.8 Å². The third-order valence-corrected chi connectivity index (χ3v) is 5.64. The van der Waals surface area contributed by atoms with Gasteiger partial charge in [-0.3, -0.25) is 4.99 Å². The Labute approximate surface area is 175 Å². The molecule has 3 heterocycles. The van der Waals surface area contributed by atoms with Gasteiger partial charge in [-0.15, -0.1) is 0 Å². The van der Waals surface area contributed by atoms with E-state index in [0.29, 0.717) is 48.9 Å². The highest BCUT2D eigenvalue weighted by molar-refractivity contribution is 6.32. The first-order chi connectivity index (χ1) is 14.0. The minimum absolute atomic E-state index is 0.178. The Hall–Kier alpha value is -2.10. The molecular formula is C19H27ClN6O3. The van der Waals surface area contributed by atoms with Crippen molar-refractivity contribution in [1.29, 1.82) is 0 Å². The maximum atomic E-state index is 6.23. The molecule has 4 rings (SSSR count). The van der Waals surface area contributed by atoms with Crippen molar-refractivity contribution in [2.45, 2.75) is 50.9 Å². The Morgan fingerprint density at radius 1 is 1.28 bits per heavy atom. The van der Waals surface area contributed by atoms with Crippen LogP contribution in [0.3, 0.4) is 0 Å². The maximum absolute atomic E-state index is 6.23. The van der Waals surface area contributed by atoms with Crippen molar-refractivity contribution in [3.63, 3.8) is 0 Å². The Morgan fingerprint density at radius 3 is 2.79 bits per heavy atom. The van der Waals surface area contributed by atoms with Crippen LogP contribution in [0.5, 0.6) is 0 Å². The van der Waals surface area contributed by atoms with E-state index in [1.807, 2.05) is 6.92 Å². The molecule has 3 aliphatic rings. The summed E-state index contributed by atoms with van der Waals surface area (Å²) in [5.41, 5.74) is 7.56. The SMILES string of the molecule is CC(=NC1CCC2(CC1)OCCO2)C1=C(N)OCCCNc2nc(ncc2Cl)N1. The van der Waals surface area contributed by atoms with Crippen molar-refractivity contribution in [2.75, 3.05) is 37.0 Å². The smallest absolute Gasteiger partial charge is 0.229 e. The fraction of sp³-hybridized carbons (Fsp3) is 0.632. The molecule has 10 heteroatoms. The van der Waals surface area contributed by atoms with Gasteiger partial charge in [0.05, 0.1) is 37.8 Å². The lowest BCUT2D eigenvalue weighted by atomic mass is 9.90. The predicted octanol–water partition coefficient (Wildman–Crippen LogP) is 2.65. The number of nitrogens with one attached hydrogen (secondary N) is 2. The third-order valence-electron chi connectivity index (χ3n) is 5.37. The summed E-state index contributed by atoms with van der Waals surface area (Å²) in [5.74, 6) is 0.843. The lowest BCUT2D eigenvalue weighted by Gasteiger charge is -2.34. The molecule has 158 valence electrons. The van der Waals surface area contributed by atoms with Crippen molar-refractivity contribution in [1.82, 2.24) is 9.97 Å². The van der Waals surface area contributed by atoms with E-state index < -0.39 is 5.79 Å². The number of anilines is 2. The van der Waals surface area contributed by atoms with Crippen molar-refractivity contribution in [2.24, 2.45) is 10.7 Å². The zero-order chi connectivity index (χ0) is 20.3. The van der Waals surface area contributed by atoms with Gasteiger partial charge in [0.1, 0.15) is 10.7 Å². The molecule has 1 aromatic rings. The topological polar surface area (TPSA) is 116 Å². The van der Waals surface area contributed by atoms with E-state index in [9.17, 15) is 0 Å². The van der Waals surface area contributed by atoms with Gasteiger partial charge in [0.15, 0.2) is 11.6 Å². The van der Waals surface area contributed by atoms with Crippen LogP contribution in [0.1, 0.15) is 39.0 Å². The average Bonchev–Trinajstić information content (AvgIpc) is 3.16. The summed E-state index contributed by atoms with van der Waals surface area (Å²) >= 11 is 6.17. The number of aromatic nitrogens is 2. The second-order valence-electron chi connectivity index (χ2n) is 7.44.